The fraction of sp³-hybridized carbons (Fsp3) is 0.364. The summed E-state index contributed by atoms with van der Waals surface area (Å²) in [5.41, 5.74) is 2.21. The first kappa shape index (κ1) is 23.2. The van der Waals surface area contributed by atoms with Crippen LogP contribution in [0, 0.1) is 12.8 Å². The van der Waals surface area contributed by atoms with E-state index in [1.54, 1.807) is 6.07 Å². The van der Waals surface area contributed by atoms with Crippen LogP contribution in [0.2, 0.25) is 5.02 Å². The van der Waals surface area contributed by atoms with Crippen LogP contribution in [0.5, 0.6) is 0 Å². The molecule has 0 aliphatic carbocycles. The molecule has 0 unspecified atom stereocenters. The summed E-state index contributed by atoms with van der Waals surface area (Å²) in [6.07, 6.45) is 1.15. The number of halogens is 1. The molecule has 2 aromatic rings. The second-order valence-electron chi connectivity index (χ2n) is 7.56. The van der Waals surface area contributed by atoms with Crippen LogP contribution in [0.4, 0.5) is 5.69 Å². The number of sulfonamides is 1. The van der Waals surface area contributed by atoms with E-state index in [0.29, 0.717) is 19.4 Å². The summed E-state index contributed by atoms with van der Waals surface area (Å²) in [6, 6.07) is 11.8. The number of rotatable bonds is 6. The Labute approximate surface area is 187 Å². The normalized spacial score (nSPS) is 17.2. The lowest BCUT2D eigenvalue weighted by Gasteiger charge is -2.31. The summed E-state index contributed by atoms with van der Waals surface area (Å²) >= 11 is 6.16. The lowest BCUT2D eigenvalue weighted by molar-refractivity contribution is -0.120. The molecule has 1 amide bonds. The van der Waals surface area contributed by atoms with Crippen molar-refractivity contribution in [2.24, 2.45) is 5.92 Å². The molecule has 0 radical (unpaired) electrons. The maximum Gasteiger partial charge on any atom is 0.337 e. The average Bonchev–Trinajstić information content (AvgIpc) is 2.76. The maximum atomic E-state index is 13.0. The second-order valence-corrected chi connectivity index (χ2v) is 9.93. The molecule has 31 heavy (non-hydrogen) atoms. The second kappa shape index (κ2) is 9.80. The van der Waals surface area contributed by atoms with Crippen molar-refractivity contribution in [2.45, 2.75) is 25.5 Å². The Morgan fingerprint density at radius 2 is 1.97 bits per heavy atom. The maximum absolute atomic E-state index is 13.0. The van der Waals surface area contributed by atoms with Gasteiger partial charge in [-0.2, -0.15) is 0 Å². The van der Waals surface area contributed by atoms with Gasteiger partial charge in [-0.05, 0) is 49.1 Å². The van der Waals surface area contributed by atoms with Gasteiger partial charge >= 0.3 is 5.97 Å². The highest BCUT2D eigenvalue weighted by Crippen LogP contribution is 2.27. The molecular weight excluding hydrogens is 440 g/mol. The van der Waals surface area contributed by atoms with E-state index in [1.165, 1.54) is 29.6 Å². The molecule has 0 saturated carbocycles. The van der Waals surface area contributed by atoms with Crippen LogP contribution in [0.15, 0.2) is 42.5 Å². The van der Waals surface area contributed by atoms with Gasteiger partial charge in [0.15, 0.2) is 0 Å². The minimum absolute atomic E-state index is 0.0962. The Morgan fingerprint density at radius 1 is 1.23 bits per heavy atom. The fourth-order valence-corrected chi connectivity index (χ4v) is 5.45. The van der Waals surface area contributed by atoms with Gasteiger partial charge in [-0.15, -0.1) is 0 Å². The van der Waals surface area contributed by atoms with E-state index in [9.17, 15) is 18.0 Å². The highest BCUT2D eigenvalue weighted by Gasteiger charge is 2.33. The number of carbonyl (C=O) groups excluding carboxylic acids is 2. The molecule has 0 aromatic heterocycles. The Morgan fingerprint density at radius 3 is 2.68 bits per heavy atom. The predicted molar refractivity (Wildman–Crippen MR) is 120 cm³/mol. The first-order valence-electron chi connectivity index (χ1n) is 9.92. The number of hydrogen-bond acceptors (Lipinski definition) is 5. The number of amides is 1. The lowest BCUT2D eigenvalue weighted by atomic mass is 9.98. The minimum Gasteiger partial charge on any atom is -0.465 e. The number of ether oxygens (including phenoxy) is 1. The molecule has 1 aliphatic rings. The van der Waals surface area contributed by atoms with Gasteiger partial charge in [0.1, 0.15) is 0 Å². The summed E-state index contributed by atoms with van der Waals surface area (Å²) < 4.78 is 32.0. The third kappa shape index (κ3) is 5.64. The number of benzene rings is 2. The monoisotopic (exact) mass is 464 g/mol. The van der Waals surface area contributed by atoms with Gasteiger partial charge in [-0.25, -0.2) is 17.5 Å². The SMILES string of the molecule is COC(=O)c1ccc(Cl)c(NC(=O)[C@@H]2CCCN(S(=O)(=O)Cc3ccccc3C)C2)c1. The minimum atomic E-state index is -3.56. The molecule has 1 saturated heterocycles. The third-order valence-corrected chi connectivity index (χ3v) is 7.52. The molecule has 0 bridgehead atoms. The van der Waals surface area contributed by atoms with Crippen molar-refractivity contribution in [3.63, 3.8) is 0 Å². The standard InChI is InChI=1S/C22H25ClN2O5S/c1-15-6-3-4-7-18(15)14-31(28,29)25-11-5-8-17(13-25)21(26)24-20-12-16(22(27)30-2)9-10-19(20)23/h3-4,6-7,9-10,12,17H,5,8,11,13-14H2,1-2H3,(H,24,26)/t17-/m1/s1. The zero-order valence-electron chi connectivity index (χ0n) is 17.4. The topological polar surface area (TPSA) is 92.8 Å². The predicted octanol–water partition coefficient (Wildman–Crippen LogP) is 3.62. The molecule has 1 heterocycles. The van der Waals surface area contributed by atoms with Crippen LogP contribution in [0.3, 0.4) is 0 Å². The van der Waals surface area contributed by atoms with Crippen molar-refractivity contribution >= 4 is 39.2 Å². The van der Waals surface area contributed by atoms with Crippen molar-refractivity contribution in [3.8, 4) is 0 Å². The molecule has 1 N–H and O–H groups in total. The fourth-order valence-electron chi connectivity index (χ4n) is 3.57. The van der Waals surface area contributed by atoms with Crippen LogP contribution in [-0.2, 0) is 25.3 Å². The largest absolute Gasteiger partial charge is 0.465 e. The molecule has 3 rings (SSSR count). The van der Waals surface area contributed by atoms with Gasteiger partial charge in [0.2, 0.25) is 15.9 Å². The number of hydrogen-bond donors (Lipinski definition) is 1. The van der Waals surface area contributed by atoms with E-state index < -0.39 is 21.9 Å². The van der Waals surface area contributed by atoms with Gasteiger partial charge in [-0.1, -0.05) is 35.9 Å². The molecule has 1 fully saturated rings. The van der Waals surface area contributed by atoms with Crippen molar-refractivity contribution < 1.29 is 22.7 Å². The van der Waals surface area contributed by atoms with E-state index in [-0.39, 0.29) is 34.5 Å². The van der Waals surface area contributed by atoms with Crippen molar-refractivity contribution in [2.75, 3.05) is 25.5 Å². The van der Waals surface area contributed by atoms with Crippen molar-refractivity contribution in [3.05, 3.63) is 64.2 Å². The highest BCUT2D eigenvalue weighted by atomic mass is 35.5. The first-order chi connectivity index (χ1) is 14.7. The lowest BCUT2D eigenvalue weighted by Crippen LogP contribution is -2.44. The van der Waals surface area contributed by atoms with Gasteiger partial charge in [-0.3, -0.25) is 4.79 Å². The molecule has 7 nitrogen and oxygen atoms in total. The molecular formula is C22H25ClN2O5S. The van der Waals surface area contributed by atoms with Crippen LogP contribution in [0.1, 0.15) is 34.3 Å². The van der Waals surface area contributed by atoms with E-state index in [0.717, 1.165) is 11.1 Å². The summed E-state index contributed by atoms with van der Waals surface area (Å²) in [5, 5.41) is 3.01. The molecule has 2 aromatic carbocycles. The first-order valence-corrected chi connectivity index (χ1v) is 11.9. The smallest absolute Gasteiger partial charge is 0.337 e. The Balaban J connectivity index is 1.71. The average molecular weight is 465 g/mol. The molecule has 9 heteroatoms. The van der Waals surface area contributed by atoms with Crippen molar-refractivity contribution in [1.82, 2.24) is 4.31 Å². The number of anilines is 1. The van der Waals surface area contributed by atoms with Crippen LogP contribution in [-0.4, -0.2) is 44.8 Å². The van der Waals surface area contributed by atoms with Gasteiger partial charge in [0.25, 0.3) is 0 Å². The van der Waals surface area contributed by atoms with Crippen LogP contribution >= 0.6 is 11.6 Å². The van der Waals surface area contributed by atoms with Gasteiger partial charge < -0.3 is 10.1 Å². The quantitative estimate of drug-likeness (QED) is 0.659. The summed E-state index contributed by atoms with van der Waals surface area (Å²) in [7, 11) is -2.29. The summed E-state index contributed by atoms with van der Waals surface area (Å²) in [4.78, 5) is 24.6. The molecule has 1 atom stereocenters. The van der Waals surface area contributed by atoms with Crippen LogP contribution < -0.4 is 5.32 Å². The highest BCUT2D eigenvalue weighted by molar-refractivity contribution is 7.88. The number of piperidine rings is 1. The Bertz CT molecular complexity index is 1090. The zero-order chi connectivity index (χ0) is 22.6. The number of nitrogens with one attached hydrogen (secondary N) is 1. The molecule has 0 spiro atoms. The number of carbonyl (C=O) groups is 2. The zero-order valence-corrected chi connectivity index (χ0v) is 19.0. The third-order valence-electron chi connectivity index (χ3n) is 5.39. The number of methoxy groups -OCH3 is 1. The van der Waals surface area contributed by atoms with E-state index in [4.69, 9.17) is 16.3 Å². The van der Waals surface area contributed by atoms with E-state index in [2.05, 4.69) is 5.32 Å². The van der Waals surface area contributed by atoms with Gasteiger partial charge in [0, 0.05) is 13.1 Å². The van der Waals surface area contributed by atoms with Crippen LogP contribution in [0.25, 0.3) is 0 Å². The Kier molecular flexibility index (Phi) is 7.35. The number of nitrogens with zero attached hydrogens (tertiary/aromatic N) is 1. The number of aryl methyl sites for hydroxylation is 1. The van der Waals surface area contributed by atoms with E-state index in [1.807, 2.05) is 25.1 Å². The molecule has 1 aliphatic heterocycles. The van der Waals surface area contributed by atoms with E-state index >= 15 is 0 Å². The van der Waals surface area contributed by atoms with Gasteiger partial charge in [0.05, 0.1) is 35.1 Å². The number of esters is 1. The Hall–Kier alpha value is -2.42. The molecule has 166 valence electrons. The van der Waals surface area contributed by atoms with Crippen molar-refractivity contribution in [1.29, 1.82) is 0 Å². The summed E-state index contributed by atoms with van der Waals surface area (Å²) in [6.45, 7) is 2.37. The summed E-state index contributed by atoms with van der Waals surface area (Å²) in [5.74, 6) is -1.49.